The minimum atomic E-state index is -0.645. The molecule has 1 aromatic heterocycles. The van der Waals surface area contributed by atoms with Crippen molar-refractivity contribution in [1.82, 2.24) is 14.8 Å². The largest absolute Gasteiger partial charge is 0.353 e. The molecule has 0 saturated heterocycles. The lowest BCUT2D eigenvalue weighted by atomic mass is 10.0. The molecule has 0 aliphatic carbocycles. The van der Waals surface area contributed by atoms with Crippen LogP contribution in [0.5, 0.6) is 0 Å². The van der Waals surface area contributed by atoms with Crippen molar-refractivity contribution in [2.24, 2.45) is 15.9 Å². The molecule has 3 rings (SSSR count). The lowest BCUT2D eigenvalue weighted by Gasteiger charge is -2.27. The van der Waals surface area contributed by atoms with Gasteiger partial charge < -0.3 is 9.88 Å². The van der Waals surface area contributed by atoms with Crippen LogP contribution in [0, 0.1) is 5.92 Å². The van der Waals surface area contributed by atoms with Crippen LogP contribution >= 0.6 is 0 Å². The number of hydrogen-bond donors (Lipinski definition) is 1. The van der Waals surface area contributed by atoms with E-state index in [9.17, 15) is 14.4 Å². The summed E-state index contributed by atoms with van der Waals surface area (Å²) < 4.78 is 1.73. The molecule has 2 aliphatic heterocycles. The van der Waals surface area contributed by atoms with Crippen molar-refractivity contribution >= 4 is 29.9 Å². The summed E-state index contributed by atoms with van der Waals surface area (Å²) in [6.07, 6.45) is 8.35. The Morgan fingerprint density at radius 3 is 2.83 bits per heavy atom. The van der Waals surface area contributed by atoms with Crippen LogP contribution in [-0.2, 0) is 16.1 Å². The number of dihydropyridines is 1. The minimum Gasteiger partial charge on any atom is -0.353 e. The summed E-state index contributed by atoms with van der Waals surface area (Å²) in [7, 11) is 0. The van der Waals surface area contributed by atoms with Crippen molar-refractivity contribution in [3.63, 3.8) is 0 Å². The first-order valence-corrected chi connectivity index (χ1v) is 7.17. The molecule has 3 heterocycles. The highest BCUT2D eigenvalue weighted by Gasteiger charge is 2.36. The molecule has 23 heavy (non-hydrogen) atoms. The Bertz CT molecular complexity index is 717. The first-order valence-electron chi connectivity index (χ1n) is 7.17. The van der Waals surface area contributed by atoms with Gasteiger partial charge in [-0.25, -0.2) is 9.79 Å². The van der Waals surface area contributed by atoms with Crippen molar-refractivity contribution < 1.29 is 14.4 Å². The van der Waals surface area contributed by atoms with Crippen LogP contribution in [0.15, 0.2) is 46.7 Å². The van der Waals surface area contributed by atoms with Gasteiger partial charge in [-0.15, -0.1) is 0 Å². The number of urea groups is 1. The SMILES string of the molecule is O=C(Cn1cccc1)NCCN1C(=O)N=C2N=CC=CC2C1=O. The highest BCUT2D eigenvalue weighted by molar-refractivity contribution is 6.19. The highest BCUT2D eigenvalue weighted by Crippen LogP contribution is 2.18. The van der Waals surface area contributed by atoms with E-state index in [1.54, 1.807) is 29.1 Å². The Hall–Kier alpha value is -3.03. The number of nitrogens with zero attached hydrogens (tertiary/aromatic N) is 4. The van der Waals surface area contributed by atoms with Gasteiger partial charge >= 0.3 is 6.03 Å². The van der Waals surface area contributed by atoms with E-state index in [1.807, 2.05) is 12.1 Å². The normalized spacial score (nSPS) is 19.6. The smallest absolute Gasteiger partial charge is 0.352 e. The first kappa shape index (κ1) is 14.9. The number of nitrogens with one attached hydrogen (secondary N) is 1. The second kappa shape index (κ2) is 6.39. The number of rotatable bonds is 5. The Morgan fingerprint density at radius 1 is 1.26 bits per heavy atom. The van der Waals surface area contributed by atoms with Gasteiger partial charge in [0.25, 0.3) is 0 Å². The third-order valence-corrected chi connectivity index (χ3v) is 3.50. The number of aromatic nitrogens is 1. The first-order chi connectivity index (χ1) is 11.1. The predicted octanol–water partition coefficient (Wildman–Crippen LogP) is 0.222. The summed E-state index contributed by atoms with van der Waals surface area (Å²) in [5.74, 6) is -0.958. The van der Waals surface area contributed by atoms with Crippen LogP contribution in [-0.4, -0.2) is 52.5 Å². The average molecular weight is 313 g/mol. The zero-order valence-corrected chi connectivity index (χ0v) is 12.3. The number of aliphatic imine (C=N–C) groups is 2. The standard InChI is InChI=1S/C15H15N5O3/c21-12(10-19-7-1-2-8-19)16-6-9-20-14(22)11-4-3-5-17-13(11)18-15(20)23/h1-5,7-8,11H,6,9-10H2,(H,16,21). The van der Waals surface area contributed by atoms with E-state index < -0.39 is 11.9 Å². The third kappa shape index (κ3) is 3.25. The highest BCUT2D eigenvalue weighted by atomic mass is 16.2. The maximum Gasteiger partial charge on any atom is 0.352 e. The number of fused-ring (bicyclic) bond motifs is 1. The summed E-state index contributed by atoms with van der Waals surface area (Å²) in [5, 5.41) is 2.68. The van der Waals surface area contributed by atoms with Crippen LogP contribution in [0.1, 0.15) is 0 Å². The van der Waals surface area contributed by atoms with Crippen LogP contribution < -0.4 is 5.32 Å². The number of allylic oxidation sites excluding steroid dienone is 1. The zero-order valence-electron chi connectivity index (χ0n) is 12.3. The monoisotopic (exact) mass is 313 g/mol. The van der Waals surface area contributed by atoms with Crippen molar-refractivity contribution in [2.75, 3.05) is 13.1 Å². The summed E-state index contributed by atoms with van der Waals surface area (Å²) in [5.41, 5.74) is 0. The topological polar surface area (TPSA) is 96.1 Å². The van der Waals surface area contributed by atoms with E-state index in [1.165, 1.54) is 6.21 Å². The maximum atomic E-state index is 12.3. The lowest BCUT2D eigenvalue weighted by Crippen LogP contribution is -2.49. The summed E-state index contributed by atoms with van der Waals surface area (Å²) >= 11 is 0. The molecule has 0 fully saturated rings. The second-order valence-electron chi connectivity index (χ2n) is 5.09. The fourth-order valence-electron chi connectivity index (χ4n) is 2.37. The number of amidine groups is 1. The maximum absolute atomic E-state index is 12.3. The average Bonchev–Trinajstić information content (AvgIpc) is 3.03. The van der Waals surface area contributed by atoms with Crippen LogP contribution in [0.4, 0.5) is 4.79 Å². The number of amides is 4. The Balaban J connectivity index is 1.54. The molecule has 0 radical (unpaired) electrons. The van der Waals surface area contributed by atoms with Gasteiger partial charge in [0.15, 0.2) is 0 Å². The molecule has 1 atom stereocenters. The van der Waals surface area contributed by atoms with Crippen LogP contribution in [0.2, 0.25) is 0 Å². The molecule has 0 bridgehead atoms. The van der Waals surface area contributed by atoms with Gasteiger partial charge in [-0.1, -0.05) is 6.08 Å². The molecule has 0 spiro atoms. The molecule has 0 aromatic carbocycles. The van der Waals surface area contributed by atoms with Crippen LogP contribution in [0.3, 0.4) is 0 Å². The fourth-order valence-corrected chi connectivity index (χ4v) is 2.37. The fraction of sp³-hybridized carbons (Fsp3) is 0.267. The quantitative estimate of drug-likeness (QED) is 0.842. The molecule has 2 aliphatic rings. The van der Waals surface area contributed by atoms with E-state index in [0.717, 1.165) is 4.90 Å². The predicted molar refractivity (Wildman–Crippen MR) is 83.1 cm³/mol. The van der Waals surface area contributed by atoms with E-state index in [-0.39, 0.29) is 37.3 Å². The molecule has 1 unspecified atom stereocenters. The van der Waals surface area contributed by atoms with Crippen molar-refractivity contribution in [2.45, 2.75) is 6.54 Å². The lowest BCUT2D eigenvalue weighted by molar-refractivity contribution is -0.130. The Morgan fingerprint density at radius 2 is 2.04 bits per heavy atom. The summed E-state index contributed by atoms with van der Waals surface area (Å²) in [6.45, 7) is 0.458. The molecular weight excluding hydrogens is 298 g/mol. The van der Waals surface area contributed by atoms with Crippen LogP contribution in [0.25, 0.3) is 0 Å². The molecular formula is C15H15N5O3. The van der Waals surface area contributed by atoms with E-state index in [4.69, 9.17) is 0 Å². The van der Waals surface area contributed by atoms with Gasteiger partial charge in [-0.05, 0) is 18.2 Å². The number of imide groups is 1. The Kier molecular flexibility index (Phi) is 4.13. The number of carbonyl (C=O) groups is 3. The van der Waals surface area contributed by atoms with Gasteiger partial charge in [-0.2, -0.15) is 4.99 Å². The van der Waals surface area contributed by atoms with Crippen molar-refractivity contribution in [1.29, 1.82) is 0 Å². The third-order valence-electron chi connectivity index (χ3n) is 3.50. The summed E-state index contributed by atoms with van der Waals surface area (Å²) in [4.78, 5) is 44.7. The molecule has 1 aromatic rings. The summed E-state index contributed by atoms with van der Waals surface area (Å²) in [6, 6.07) is 3.01. The van der Waals surface area contributed by atoms with E-state index in [2.05, 4.69) is 15.3 Å². The van der Waals surface area contributed by atoms with Gasteiger partial charge in [0.2, 0.25) is 11.8 Å². The van der Waals surface area contributed by atoms with E-state index in [0.29, 0.717) is 0 Å². The Labute approximate surface area is 132 Å². The number of hydrogen-bond acceptors (Lipinski definition) is 4. The molecule has 118 valence electrons. The molecule has 1 N–H and O–H groups in total. The molecule has 4 amide bonds. The van der Waals surface area contributed by atoms with Crippen molar-refractivity contribution in [3.05, 3.63) is 36.7 Å². The van der Waals surface area contributed by atoms with Crippen molar-refractivity contribution in [3.8, 4) is 0 Å². The van der Waals surface area contributed by atoms with E-state index >= 15 is 0 Å². The van der Waals surface area contributed by atoms with Gasteiger partial charge in [0.05, 0.1) is 0 Å². The zero-order chi connectivity index (χ0) is 16.2. The molecule has 8 nitrogen and oxygen atoms in total. The van der Waals surface area contributed by atoms with Gasteiger partial charge in [0, 0.05) is 31.7 Å². The van der Waals surface area contributed by atoms with Gasteiger partial charge in [-0.3, -0.25) is 14.5 Å². The molecule has 0 saturated carbocycles. The molecule has 8 heteroatoms. The minimum absolute atomic E-state index is 0.0833. The second-order valence-corrected chi connectivity index (χ2v) is 5.09. The van der Waals surface area contributed by atoms with Gasteiger partial charge in [0.1, 0.15) is 18.3 Å². The number of carbonyl (C=O) groups excluding carboxylic acids is 3.